The van der Waals surface area contributed by atoms with Crippen molar-refractivity contribution in [2.24, 2.45) is 0 Å². The number of imide groups is 1. The normalized spacial score (nSPS) is 17.3. The van der Waals surface area contributed by atoms with Crippen LogP contribution in [-0.4, -0.2) is 64.4 Å². The largest absolute Gasteiger partial charge is 0.417 e. The number of carbonyl (C=O) groups is 2. The van der Waals surface area contributed by atoms with Crippen molar-refractivity contribution in [3.05, 3.63) is 63.3 Å². The summed E-state index contributed by atoms with van der Waals surface area (Å²) in [7, 11) is 0. The van der Waals surface area contributed by atoms with Gasteiger partial charge in [-0.15, -0.1) is 0 Å². The quantitative estimate of drug-likeness (QED) is 0.413. The van der Waals surface area contributed by atoms with Gasteiger partial charge in [0.2, 0.25) is 0 Å². The second kappa shape index (κ2) is 7.61. The first-order valence-electron chi connectivity index (χ1n) is 9.31. The van der Waals surface area contributed by atoms with Gasteiger partial charge in [-0.25, -0.2) is 4.98 Å². The van der Waals surface area contributed by atoms with Gasteiger partial charge in [0.1, 0.15) is 11.4 Å². The first-order chi connectivity index (χ1) is 14.7. The number of piperazine rings is 1. The zero-order valence-electron chi connectivity index (χ0n) is 16.0. The number of amides is 2. The van der Waals surface area contributed by atoms with E-state index in [9.17, 15) is 32.9 Å². The molecule has 0 N–H and O–H groups in total. The van der Waals surface area contributed by atoms with Crippen LogP contribution >= 0.6 is 0 Å². The first kappa shape index (κ1) is 20.7. The van der Waals surface area contributed by atoms with Crippen molar-refractivity contribution in [1.82, 2.24) is 14.8 Å². The Balaban J connectivity index is 1.40. The Labute approximate surface area is 173 Å². The Morgan fingerprint density at radius 2 is 1.74 bits per heavy atom. The molecule has 0 atom stereocenters. The lowest BCUT2D eigenvalue weighted by molar-refractivity contribution is -0.385. The molecule has 0 spiro atoms. The van der Waals surface area contributed by atoms with Crippen LogP contribution in [0.1, 0.15) is 26.3 Å². The average molecular weight is 435 g/mol. The summed E-state index contributed by atoms with van der Waals surface area (Å²) in [4.78, 5) is 44.3. The summed E-state index contributed by atoms with van der Waals surface area (Å²) in [6.07, 6.45) is -3.67. The van der Waals surface area contributed by atoms with E-state index in [1.807, 2.05) is 9.80 Å². The van der Waals surface area contributed by atoms with E-state index in [4.69, 9.17) is 0 Å². The maximum atomic E-state index is 12.7. The minimum atomic E-state index is -4.45. The highest BCUT2D eigenvalue weighted by Gasteiger charge is 2.41. The number of pyridine rings is 1. The standard InChI is InChI=1S/C19H16F3N5O4/c20-19(21,22)12-4-5-15(23-10-12)25-8-6-24(7-9-25)11-26-17(28)13-2-1-3-14(27(30)31)16(13)18(26)29/h1-5,10H,6-9,11H2. The Kier molecular flexibility index (Phi) is 5.09. The van der Waals surface area contributed by atoms with E-state index in [1.165, 1.54) is 24.3 Å². The van der Waals surface area contributed by atoms with Gasteiger partial charge in [-0.3, -0.25) is 29.5 Å². The number of rotatable bonds is 4. The zero-order valence-corrected chi connectivity index (χ0v) is 16.0. The molecule has 12 heteroatoms. The van der Waals surface area contributed by atoms with Crippen molar-refractivity contribution in [2.45, 2.75) is 6.18 Å². The Morgan fingerprint density at radius 3 is 2.32 bits per heavy atom. The summed E-state index contributed by atoms with van der Waals surface area (Å²) in [5.74, 6) is -0.890. The van der Waals surface area contributed by atoms with Gasteiger partial charge >= 0.3 is 6.18 Å². The molecular formula is C19H16F3N5O4. The molecule has 3 heterocycles. The second-order valence-corrected chi connectivity index (χ2v) is 7.14. The van der Waals surface area contributed by atoms with Gasteiger partial charge in [0.15, 0.2) is 0 Å². The fourth-order valence-corrected chi connectivity index (χ4v) is 3.66. The monoisotopic (exact) mass is 435 g/mol. The summed E-state index contributed by atoms with van der Waals surface area (Å²) < 4.78 is 38.0. The highest BCUT2D eigenvalue weighted by molar-refractivity contribution is 6.23. The van der Waals surface area contributed by atoms with Gasteiger partial charge in [0, 0.05) is 38.4 Å². The topological polar surface area (TPSA) is 99.9 Å². The molecule has 1 aromatic carbocycles. The molecule has 0 unspecified atom stereocenters. The molecule has 2 aliphatic rings. The van der Waals surface area contributed by atoms with E-state index in [-0.39, 0.29) is 17.8 Å². The summed E-state index contributed by atoms with van der Waals surface area (Å²) in [6, 6.07) is 6.21. The summed E-state index contributed by atoms with van der Waals surface area (Å²) in [5.41, 5.74) is -1.43. The Bertz CT molecular complexity index is 1050. The third kappa shape index (κ3) is 3.81. The third-order valence-electron chi connectivity index (χ3n) is 5.29. The average Bonchev–Trinajstić information content (AvgIpc) is 2.98. The number of nitrogens with zero attached hydrogens (tertiary/aromatic N) is 5. The number of halogens is 3. The Hall–Kier alpha value is -3.54. The van der Waals surface area contributed by atoms with Crippen LogP contribution in [0.3, 0.4) is 0 Å². The number of nitro benzene ring substituents is 1. The molecule has 4 rings (SSSR count). The molecule has 9 nitrogen and oxygen atoms in total. The van der Waals surface area contributed by atoms with Crippen LogP contribution in [0.4, 0.5) is 24.7 Å². The molecule has 0 bridgehead atoms. The van der Waals surface area contributed by atoms with Gasteiger partial charge in [0.25, 0.3) is 17.5 Å². The van der Waals surface area contributed by atoms with Crippen LogP contribution in [0.25, 0.3) is 0 Å². The molecule has 0 aliphatic carbocycles. The van der Waals surface area contributed by atoms with Crippen LogP contribution in [-0.2, 0) is 6.18 Å². The van der Waals surface area contributed by atoms with E-state index in [0.717, 1.165) is 17.2 Å². The van der Waals surface area contributed by atoms with Crippen molar-refractivity contribution in [1.29, 1.82) is 0 Å². The highest BCUT2D eigenvalue weighted by Crippen LogP contribution is 2.31. The van der Waals surface area contributed by atoms with E-state index in [1.54, 1.807) is 0 Å². The van der Waals surface area contributed by atoms with Gasteiger partial charge in [-0.2, -0.15) is 13.2 Å². The first-order valence-corrected chi connectivity index (χ1v) is 9.31. The molecule has 31 heavy (non-hydrogen) atoms. The summed E-state index contributed by atoms with van der Waals surface area (Å²) in [6.45, 7) is 1.69. The number of carbonyl (C=O) groups excluding carboxylic acids is 2. The predicted octanol–water partition coefficient (Wildman–Crippen LogP) is 2.38. The van der Waals surface area contributed by atoms with Crippen molar-refractivity contribution >= 4 is 23.3 Å². The molecule has 0 saturated carbocycles. The fraction of sp³-hybridized carbons (Fsp3) is 0.316. The number of hydrogen-bond acceptors (Lipinski definition) is 7. The van der Waals surface area contributed by atoms with E-state index < -0.39 is 34.2 Å². The molecule has 2 aromatic rings. The number of benzene rings is 1. The smallest absolute Gasteiger partial charge is 0.354 e. The fourth-order valence-electron chi connectivity index (χ4n) is 3.66. The highest BCUT2D eigenvalue weighted by atomic mass is 19.4. The summed E-state index contributed by atoms with van der Waals surface area (Å²) >= 11 is 0. The van der Waals surface area contributed by atoms with Crippen LogP contribution in [0.15, 0.2) is 36.5 Å². The minimum absolute atomic E-state index is 0.00629. The molecule has 0 radical (unpaired) electrons. The SMILES string of the molecule is O=C1c2cccc([N+](=O)[O-])c2C(=O)N1CN1CCN(c2ccc(C(F)(F)F)cn2)CC1. The lowest BCUT2D eigenvalue weighted by Crippen LogP contribution is -2.51. The summed E-state index contributed by atoms with van der Waals surface area (Å²) in [5, 5.41) is 11.2. The molecule has 1 aromatic heterocycles. The number of hydrogen-bond donors (Lipinski definition) is 0. The van der Waals surface area contributed by atoms with Crippen molar-refractivity contribution in [2.75, 3.05) is 37.7 Å². The zero-order chi connectivity index (χ0) is 22.3. The number of aromatic nitrogens is 1. The maximum absolute atomic E-state index is 12.7. The van der Waals surface area contributed by atoms with Crippen LogP contribution < -0.4 is 4.90 Å². The van der Waals surface area contributed by atoms with Crippen LogP contribution in [0.5, 0.6) is 0 Å². The maximum Gasteiger partial charge on any atom is 0.417 e. The third-order valence-corrected chi connectivity index (χ3v) is 5.29. The van der Waals surface area contributed by atoms with Crippen LogP contribution in [0, 0.1) is 10.1 Å². The van der Waals surface area contributed by atoms with E-state index >= 15 is 0 Å². The molecular weight excluding hydrogens is 419 g/mol. The number of anilines is 1. The van der Waals surface area contributed by atoms with Gasteiger partial charge in [-0.1, -0.05) is 6.07 Å². The van der Waals surface area contributed by atoms with Gasteiger partial charge < -0.3 is 4.90 Å². The van der Waals surface area contributed by atoms with E-state index in [0.29, 0.717) is 32.0 Å². The molecule has 1 saturated heterocycles. The lowest BCUT2D eigenvalue weighted by Gasteiger charge is -2.36. The van der Waals surface area contributed by atoms with Gasteiger partial charge in [0.05, 0.1) is 22.7 Å². The van der Waals surface area contributed by atoms with E-state index in [2.05, 4.69) is 4.98 Å². The molecule has 2 aliphatic heterocycles. The van der Waals surface area contributed by atoms with Crippen molar-refractivity contribution in [3.63, 3.8) is 0 Å². The minimum Gasteiger partial charge on any atom is -0.354 e. The molecule has 162 valence electrons. The predicted molar refractivity (Wildman–Crippen MR) is 101 cm³/mol. The molecule has 1 fully saturated rings. The number of nitro groups is 1. The second-order valence-electron chi connectivity index (χ2n) is 7.14. The Morgan fingerprint density at radius 1 is 1.03 bits per heavy atom. The van der Waals surface area contributed by atoms with Crippen molar-refractivity contribution in [3.8, 4) is 0 Å². The lowest BCUT2D eigenvalue weighted by atomic mass is 10.1. The number of alkyl halides is 3. The van der Waals surface area contributed by atoms with Gasteiger partial charge in [-0.05, 0) is 18.2 Å². The molecule has 2 amide bonds. The van der Waals surface area contributed by atoms with Crippen LogP contribution in [0.2, 0.25) is 0 Å². The van der Waals surface area contributed by atoms with Crippen molar-refractivity contribution < 1.29 is 27.7 Å². The number of fused-ring (bicyclic) bond motifs is 1.